The minimum Gasteiger partial charge on any atom is -0.289 e. The smallest absolute Gasteiger partial charge is 0.289 e. The Morgan fingerprint density at radius 3 is 2.25 bits per heavy atom. The summed E-state index contributed by atoms with van der Waals surface area (Å²) in [4.78, 5) is 12.5. The fraction of sp³-hybridized carbons (Fsp3) is 0.111. The van der Waals surface area contributed by atoms with Gasteiger partial charge in [-0.1, -0.05) is 36.4 Å². The van der Waals surface area contributed by atoms with Gasteiger partial charge in [0.2, 0.25) is 0 Å². The number of rotatable bonds is 1. The molecule has 0 saturated heterocycles. The number of fused-ring (bicyclic) bond motifs is 3. The van der Waals surface area contributed by atoms with Crippen LogP contribution in [0.25, 0.3) is 22.4 Å². The lowest BCUT2D eigenvalue weighted by Gasteiger charge is -2.05. The van der Waals surface area contributed by atoms with Gasteiger partial charge < -0.3 is 0 Å². The van der Waals surface area contributed by atoms with Crippen LogP contribution in [0.3, 0.4) is 0 Å². The highest BCUT2D eigenvalue weighted by Crippen LogP contribution is 2.39. The number of hydrogen-bond donors (Lipinski definition) is 0. The van der Waals surface area contributed by atoms with Gasteiger partial charge >= 0.3 is 6.18 Å². The van der Waals surface area contributed by atoms with E-state index in [2.05, 4.69) is 5.10 Å². The summed E-state index contributed by atoms with van der Waals surface area (Å²) in [6.45, 7) is 0. The first-order chi connectivity index (χ1) is 11.4. The summed E-state index contributed by atoms with van der Waals surface area (Å²) in [6.07, 6.45) is -4.50. The standard InChI is InChI=1S/C18H11F3N2O/c1-23-15(9-16(22-23)18(19,20)21)10-6-7-12-11-4-2-3-5-13(11)17(24)14(12)8-10/h2-9H,1H3. The maximum atomic E-state index is 12.8. The van der Waals surface area contributed by atoms with Crippen LogP contribution in [0.15, 0.2) is 48.5 Å². The molecule has 4 rings (SSSR count). The van der Waals surface area contributed by atoms with E-state index in [4.69, 9.17) is 0 Å². The number of hydrogen-bond acceptors (Lipinski definition) is 2. The molecule has 0 spiro atoms. The van der Waals surface area contributed by atoms with Crippen LogP contribution in [-0.2, 0) is 13.2 Å². The molecule has 0 atom stereocenters. The minimum atomic E-state index is -4.50. The van der Waals surface area contributed by atoms with Crippen molar-refractivity contribution in [3.05, 3.63) is 65.4 Å². The van der Waals surface area contributed by atoms with Crippen LogP contribution in [0.5, 0.6) is 0 Å². The number of nitrogens with zero attached hydrogens (tertiary/aromatic N) is 2. The van der Waals surface area contributed by atoms with Crippen molar-refractivity contribution in [1.29, 1.82) is 0 Å². The van der Waals surface area contributed by atoms with Crippen LogP contribution >= 0.6 is 0 Å². The zero-order chi connectivity index (χ0) is 17.1. The van der Waals surface area contributed by atoms with Crippen LogP contribution in [0.4, 0.5) is 13.2 Å². The molecule has 1 aliphatic carbocycles. The minimum absolute atomic E-state index is 0.110. The number of benzene rings is 2. The molecule has 1 heterocycles. The Labute approximate surface area is 135 Å². The van der Waals surface area contributed by atoms with Gasteiger partial charge in [-0.3, -0.25) is 9.48 Å². The molecule has 0 fully saturated rings. The fourth-order valence-corrected chi connectivity index (χ4v) is 3.06. The van der Waals surface area contributed by atoms with Crippen molar-refractivity contribution >= 4 is 5.78 Å². The molecule has 0 saturated carbocycles. The van der Waals surface area contributed by atoms with Crippen molar-refractivity contribution in [2.75, 3.05) is 0 Å². The van der Waals surface area contributed by atoms with E-state index in [1.165, 1.54) is 11.7 Å². The second-order valence-electron chi connectivity index (χ2n) is 5.67. The molecule has 0 radical (unpaired) electrons. The predicted molar refractivity (Wildman–Crippen MR) is 82.5 cm³/mol. The molecule has 1 aliphatic rings. The summed E-state index contributed by atoms with van der Waals surface area (Å²) in [7, 11) is 1.45. The Bertz CT molecular complexity index is 986. The normalized spacial score (nSPS) is 13.1. The molecule has 0 N–H and O–H groups in total. The van der Waals surface area contributed by atoms with E-state index >= 15 is 0 Å². The zero-order valence-electron chi connectivity index (χ0n) is 12.6. The van der Waals surface area contributed by atoms with E-state index in [0.29, 0.717) is 22.4 Å². The van der Waals surface area contributed by atoms with Crippen molar-refractivity contribution in [2.24, 2.45) is 7.05 Å². The highest BCUT2D eigenvalue weighted by atomic mass is 19.4. The number of carbonyl (C=O) groups excluding carboxylic acids is 1. The van der Waals surface area contributed by atoms with Crippen molar-refractivity contribution in [3.8, 4) is 22.4 Å². The zero-order valence-corrected chi connectivity index (χ0v) is 12.6. The van der Waals surface area contributed by atoms with Gasteiger partial charge in [-0.25, -0.2) is 0 Å². The van der Waals surface area contributed by atoms with Gasteiger partial charge in [-0.05, 0) is 23.3 Å². The number of alkyl halides is 3. The SMILES string of the molecule is Cn1nc(C(F)(F)F)cc1-c1ccc2c(c1)C(=O)c1ccccc1-2. The molecular weight excluding hydrogens is 317 g/mol. The molecule has 6 heteroatoms. The number of ketones is 1. The van der Waals surface area contributed by atoms with Gasteiger partial charge in [0.05, 0.1) is 5.69 Å². The molecule has 120 valence electrons. The molecule has 3 aromatic rings. The van der Waals surface area contributed by atoms with E-state index in [1.54, 1.807) is 30.3 Å². The van der Waals surface area contributed by atoms with Gasteiger partial charge in [-0.15, -0.1) is 0 Å². The number of aromatic nitrogens is 2. The molecule has 0 bridgehead atoms. The van der Waals surface area contributed by atoms with Crippen LogP contribution in [-0.4, -0.2) is 15.6 Å². The predicted octanol–water partition coefficient (Wildman–Crippen LogP) is 4.32. The summed E-state index contributed by atoms with van der Waals surface area (Å²) < 4.78 is 39.7. The number of halogens is 3. The molecule has 0 aliphatic heterocycles. The Balaban J connectivity index is 1.84. The first kappa shape index (κ1) is 14.7. The van der Waals surface area contributed by atoms with Crippen molar-refractivity contribution in [1.82, 2.24) is 9.78 Å². The average Bonchev–Trinajstić information content (AvgIpc) is 3.07. The topological polar surface area (TPSA) is 34.9 Å². The summed E-state index contributed by atoms with van der Waals surface area (Å²) in [6, 6.07) is 13.4. The maximum absolute atomic E-state index is 12.8. The van der Waals surface area contributed by atoms with Gasteiger partial charge in [0.25, 0.3) is 0 Å². The molecule has 3 nitrogen and oxygen atoms in total. The van der Waals surface area contributed by atoms with Crippen molar-refractivity contribution in [3.63, 3.8) is 0 Å². The Morgan fingerprint density at radius 1 is 0.917 bits per heavy atom. The summed E-state index contributed by atoms with van der Waals surface area (Å²) in [5, 5.41) is 3.52. The van der Waals surface area contributed by atoms with Crippen LogP contribution < -0.4 is 0 Å². The second-order valence-corrected chi connectivity index (χ2v) is 5.67. The van der Waals surface area contributed by atoms with Gasteiger partial charge in [0.15, 0.2) is 11.5 Å². The largest absolute Gasteiger partial charge is 0.435 e. The van der Waals surface area contributed by atoms with Gasteiger partial charge in [0.1, 0.15) is 0 Å². The molecular formula is C18H11F3N2O. The molecule has 24 heavy (non-hydrogen) atoms. The van der Waals surface area contributed by atoms with E-state index in [9.17, 15) is 18.0 Å². The van der Waals surface area contributed by atoms with Crippen molar-refractivity contribution in [2.45, 2.75) is 6.18 Å². The molecule has 0 amide bonds. The number of aryl methyl sites for hydroxylation is 1. The summed E-state index contributed by atoms with van der Waals surface area (Å²) in [5.74, 6) is -0.110. The van der Waals surface area contributed by atoms with Crippen molar-refractivity contribution < 1.29 is 18.0 Å². The molecule has 2 aromatic carbocycles. The van der Waals surface area contributed by atoms with Gasteiger partial charge in [0, 0.05) is 23.7 Å². The Hall–Kier alpha value is -2.89. The summed E-state index contributed by atoms with van der Waals surface area (Å²) in [5.41, 5.74) is 2.67. The van der Waals surface area contributed by atoms with Crippen LogP contribution in [0.2, 0.25) is 0 Å². The lowest BCUT2D eigenvalue weighted by Crippen LogP contribution is -2.06. The molecule has 0 unspecified atom stereocenters. The Morgan fingerprint density at radius 2 is 1.58 bits per heavy atom. The Kier molecular flexibility index (Phi) is 2.94. The third-order valence-corrected chi connectivity index (χ3v) is 4.19. The van der Waals surface area contributed by atoms with E-state index < -0.39 is 11.9 Å². The van der Waals surface area contributed by atoms with E-state index in [0.717, 1.165) is 17.2 Å². The third-order valence-electron chi connectivity index (χ3n) is 4.19. The lowest BCUT2D eigenvalue weighted by atomic mass is 10.0. The maximum Gasteiger partial charge on any atom is 0.435 e. The second kappa shape index (κ2) is 4.80. The average molecular weight is 328 g/mol. The fourth-order valence-electron chi connectivity index (χ4n) is 3.06. The highest BCUT2D eigenvalue weighted by Gasteiger charge is 2.35. The third kappa shape index (κ3) is 2.06. The highest BCUT2D eigenvalue weighted by molar-refractivity contribution is 6.22. The first-order valence-electron chi connectivity index (χ1n) is 7.26. The van der Waals surface area contributed by atoms with E-state index in [-0.39, 0.29) is 5.78 Å². The summed E-state index contributed by atoms with van der Waals surface area (Å²) >= 11 is 0. The number of carbonyl (C=O) groups is 1. The quantitative estimate of drug-likeness (QED) is 0.522. The van der Waals surface area contributed by atoms with E-state index in [1.807, 2.05) is 12.1 Å². The molecule has 1 aromatic heterocycles. The van der Waals surface area contributed by atoms with Crippen LogP contribution in [0, 0.1) is 0 Å². The van der Waals surface area contributed by atoms with Crippen LogP contribution in [0.1, 0.15) is 21.6 Å². The van der Waals surface area contributed by atoms with Gasteiger partial charge in [-0.2, -0.15) is 18.3 Å². The first-order valence-corrected chi connectivity index (χ1v) is 7.26. The monoisotopic (exact) mass is 328 g/mol. The lowest BCUT2D eigenvalue weighted by molar-refractivity contribution is -0.141.